The van der Waals surface area contributed by atoms with Crippen LogP contribution in [0.25, 0.3) is 0 Å². The maximum absolute atomic E-state index is 12.8. The van der Waals surface area contributed by atoms with E-state index in [-0.39, 0.29) is 22.6 Å². The summed E-state index contributed by atoms with van der Waals surface area (Å²) in [6.07, 6.45) is -17.7. The molecule has 2 atom stereocenters. The van der Waals surface area contributed by atoms with Crippen LogP contribution in [-0.4, -0.2) is 34.3 Å². The molecule has 19 heavy (non-hydrogen) atoms. The van der Waals surface area contributed by atoms with Gasteiger partial charge in [0.05, 0.1) is 0 Å². The third-order valence-electron chi connectivity index (χ3n) is 1.52. The van der Waals surface area contributed by atoms with E-state index in [1.165, 1.54) is 0 Å². The number of alkyl halides is 11. The SMILES string of the molecule is O=C(OC(F)(C(F)F)C(F)(F)F)C(F)(I)C(F)(F)F. The zero-order chi connectivity index (χ0) is 15.9. The zero-order valence-corrected chi connectivity index (χ0v) is 10.2. The van der Waals surface area contributed by atoms with Crippen LogP contribution in [0, 0.1) is 0 Å². The fourth-order valence-corrected chi connectivity index (χ4v) is 0.651. The fourth-order valence-electron chi connectivity index (χ4n) is 0.541. The molecule has 0 radical (unpaired) electrons. The summed E-state index contributed by atoms with van der Waals surface area (Å²) in [5.41, 5.74) is 0. The van der Waals surface area contributed by atoms with E-state index in [1.54, 1.807) is 0 Å². The van der Waals surface area contributed by atoms with Gasteiger partial charge in [-0.25, -0.2) is 18.0 Å². The monoisotopic (exact) mass is 422 g/mol. The summed E-state index contributed by atoms with van der Waals surface area (Å²) in [5, 5.41) is 0. The smallest absolute Gasteiger partial charge is 0.412 e. The summed E-state index contributed by atoms with van der Waals surface area (Å²) in [5.74, 6) is -9.53. The normalized spacial score (nSPS) is 19.8. The van der Waals surface area contributed by atoms with E-state index in [4.69, 9.17) is 0 Å². The van der Waals surface area contributed by atoms with Crippen molar-refractivity contribution in [2.24, 2.45) is 0 Å². The minimum absolute atomic E-state index is 0.345. The van der Waals surface area contributed by atoms with E-state index in [0.29, 0.717) is 0 Å². The molecule has 13 heteroatoms. The highest BCUT2D eigenvalue weighted by Crippen LogP contribution is 2.45. The predicted molar refractivity (Wildman–Crippen MR) is 45.9 cm³/mol. The number of rotatable bonds is 3. The van der Waals surface area contributed by atoms with E-state index in [0.717, 1.165) is 0 Å². The summed E-state index contributed by atoms with van der Waals surface area (Å²) in [6, 6.07) is 0. The highest BCUT2D eigenvalue weighted by molar-refractivity contribution is 14.1. The molecule has 2 nitrogen and oxygen atoms in total. The molecule has 0 fully saturated rings. The second kappa shape index (κ2) is 5.12. The summed E-state index contributed by atoms with van der Waals surface area (Å²) in [7, 11) is 0. The summed E-state index contributed by atoms with van der Waals surface area (Å²) < 4.78 is 118. The minimum atomic E-state index is -6.55. The number of ether oxygens (including phenoxy) is 1. The number of esters is 1. The second-order valence-corrected chi connectivity index (χ2v) is 4.39. The van der Waals surface area contributed by atoms with E-state index >= 15 is 0 Å². The maximum Gasteiger partial charge on any atom is 0.466 e. The third kappa shape index (κ3) is 3.53. The van der Waals surface area contributed by atoms with Gasteiger partial charge in [0.25, 0.3) is 0 Å². The van der Waals surface area contributed by atoms with Crippen molar-refractivity contribution in [3.63, 3.8) is 0 Å². The van der Waals surface area contributed by atoms with Gasteiger partial charge in [-0.05, 0) is 22.6 Å². The average molecular weight is 422 g/mol. The van der Waals surface area contributed by atoms with Crippen molar-refractivity contribution in [1.29, 1.82) is 0 Å². The van der Waals surface area contributed by atoms with Crippen LogP contribution in [-0.2, 0) is 9.53 Å². The summed E-state index contributed by atoms with van der Waals surface area (Å²) in [4.78, 5) is 10.5. The number of halogens is 11. The average Bonchev–Trinajstić information content (AvgIpc) is 2.13. The van der Waals surface area contributed by atoms with Crippen LogP contribution in [0.1, 0.15) is 0 Å². The van der Waals surface area contributed by atoms with E-state index < -0.39 is 34.3 Å². The Kier molecular flexibility index (Phi) is 4.99. The van der Waals surface area contributed by atoms with Crippen LogP contribution >= 0.6 is 22.6 Å². The Morgan fingerprint density at radius 1 is 0.895 bits per heavy atom. The van der Waals surface area contributed by atoms with Crippen LogP contribution in [0.5, 0.6) is 0 Å². The molecule has 0 aliphatic rings. The highest BCUT2D eigenvalue weighted by atomic mass is 127. The van der Waals surface area contributed by atoms with E-state index in [2.05, 4.69) is 4.74 Å². The number of hydrogen-bond donors (Lipinski definition) is 0. The molecule has 0 heterocycles. The Balaban J connectivity index is 5.39. The standard InChI is InChI=1S/C6HF10IO2/c7-1(8)4(10,6(14,15)16)19-2(18)3(9,17)5(11,12)13/h1H. The van der Waals surface area contributed by atoms with Crippen molar-refractivity contribution in [2.75, 3.05) is 0 Å². The van der Waals surface area contributed by atoms with Gasteiger partial charge in [0.15, 0.2) is 0 Å². The van der Waals surface area contributed by atoms with Gasteiger partial charge in [0.1, 0.15) is 0 Å². The number of carbonyl (C=O) groups excluding carboxylic acids is 1. The van der Waals surface area contributed by atoms with Gasteiger partial charge in [-0.15, -0.1) is 0 Å². The zero-order valence-electron chi connectivity index (χ0n) is 8.05. The Labute approximate surface area is 111 Å². The summed E-state index contributed by atoms with van der Waals surface area (Å²) in [6.45, 7) is 0. The molecule has 0 aromatic carbocycles. The van der Waals surface area contributed by atoms with Gasteiger partial charge in [0, 0.05) is 0 Å². The lowest BCUT2D eigenvalue weighted by molar-refractivity contribution is -0.359. The molecular weight excluding hydrogens is 421 g/mol. The van der Waals surface area contributed by atoms with Crippen molar-refractivity contribution in [3.05, 3.63) is 0 Å². The predicted octanol–water partition coefficient (Wildman–Crippen LogP) is 3.69. The number of hydrogen-bond acceptors (Lipinski definition) is 2. The van der Waals surface area contributed by atoms with Crippen LogP contribution < -0.4 is 0 Å². The molecule has 0 aliphatic heterocycles. The lowest BCUT2D eigenvalue weighted by Crippen LogP contribution is -2.55. The van der Waals surface area contributed by atoms with Crippen molar-refractivity contribution in [2.45, 2.75) is 28.3 Å². The molecular formula is C6HF10IO2. The highest BCUT2D eigenvalue weighted by Gasteiger charge is 2.70. The molecule has 0 saturated heterocycles. The molecule has 0 bridgehead atoms. The first-order valence-corrected chi connectivity index (χ1v) is 4.87. The first-order chi connectivity index (χ1) is 8.07. The van der Waals surface area contributed by atoms with Gasteiger partial charge in [0.2, 0.25) is 0 Å². The third-order valence-corrected chi connectivity index (χ3v) is 2.57. The molecule has 0 amide bonds. The Hall–Kier alpha value is -0.500. The first kappa shape index (κ1) is 18.5. The van der Waals surface area contributed by atoms with Crippen LogP contribution in [0.15, 0.2) is 0 Å². The van der Waals surface area contributed by atoms with Crippen LogP contribution in [0.3, 0.4) is 0 Å². The van der Waals surface area contributed by atoms with Gasteiger partial charge >= 0.3 is 34.3 Å². The molecule has 0 rings (SSSR count). The molecule has 0 aromatic heterocycles. The van der Waals surface area contributed by atoms with Crippen LogP contribution in [0.4, 0.5) is 43.9 Å². The lowest BCUT2D eigenvalue weighted by atomic mass is 10.3. The van der Waals surface area contributed by atoms with Gasteiger partial charge in [-0.1, -0.05) is 0 Å². The van der Waals surface area contributed by atoms with E-state index in [9.17, 15) is 48.7 Å². The van der Waals surface area contributed by atoms with Crippen molar-refractivity contribution in [1.82, 2.24) is 0 Å². The van der Waals surface area contributed by atoms with E-state index in [1.807, 2.05) is 0 Å². The molecule has 0 aromatic rings. The molecule has 0 N–H and O–H groups in total. The van der Waals surface area contributed by atoms with Crippen molar-refractivity contribution < 1.29 is 53.4 Å². The van der Waals surface area contributed by atoms with Gasteiger partial charge < -0.3 is 4.74 Å². The maximum atomic E-state index is 12.8. The van der Waals surface area contributed by atoms with Gasteiger partial charge in [-0.2, -0.15) is 30.7 Å². The largest absolute Gasteiger partial charge is 0.466 e. The quantitative estimate of drug-likeness (QED) is 0.301. The van der Waals surface area contributed by atoms with Crippen molar-refractivity contribution >= 4 is 28.6 Å². The van der Waals surface area contributed by atoms with Crippen LogP contribution in [0.2, 0.25) is 0 Å². The first-order valence-electron chi connectivity index (χ1n) is 3.79. The summed E-state index contributed by atoms with van der Waals surface area (Å²) >= 11 is -0.345. The minimum Gasteiger partial charge on any atom is -0.412 e. The number of carbonyl (C=O) groups is 1. The topological polar surface area (TPSA) is 26.3 Å². The Morgan fingerprint density at radius 2 is 1.26 bits per heavy atom. The molecule has 114 valence electrons. The lowest BCUT2D eigenvalue weighted by Gasteiger charge is -2.29. The van der Waals surface area contributed by atoms with Crippen molar-refractivity contribution in [3.8, 4) is 0 Å². The Bertz CT molecular complexity index is 347. The fraction of sp³-hybridized carbons (Fsp3) is 0.833. The molecule has 0 saturated carbocycles. The molecule has 0 spiro atoms. The van der Waals surface area contributed by atoms with Gasteiger partial charge in [-0.3, -0.25) is 0 Å². The second-order valence-electron chi connectivity index (χ2n) is 2.91. The molecule has 0 aliphatic carbocycles. The Morgan fingerprint density at radius 3 is 1.47 bits per heavy atom. The molecule has 2 unspecified atom stereocenters.